The molecule has 0 spiro atoms. The van der Waals surface area contributed by atoms with Crippen molar-refractivity contribution >= 4 is 0 Å². The van der Waals surface area contributed by atoms with Gasteiger partial charge in [-0.05, 0) is 49.3 Å². The molecule has 2 rings (SSSR count). The van der Waals surface area contributed by atoms with Gasteiger partial charge in [-0.15, -0.1) is 0 Å². The minimum absolute atomic E-state index is 0.461. The van der Waals surface area contributed by atoms with Gasteiger partial charge < -0.3 is 5.32 Å². The maximum absolute atomic E-state index is 4.04. The summed E-state index contributed by atoms with van der Waals surface area (Å²) in [6, 6.07) is 2.57. The van der Waals surface area contributed by atoms with Crippen LogP contribution in [0.3, 0.4) is 0 Å². The number of rotatable bonds is 5. The molecule has 0 amide bonds. The fraction of sp³-hybridized carbons (Fsp3) is 0.733. The highest BCUT2D eigenvalue weighted by molar-refractivity contribution is 5.13. The average molecular weight is 247 g/mol. The Morgan fingerprint density at radius 2 is 2.28 bits per heavy atom. The maximum Gasteiger partial charge on any atom is 0.0544 e. The van der Waals surface area contributed by atoms with Crippen LogP contribution in [0.5, 0.6) is 0 Å². The molecule has 3 unspecified atom stereocenters. The first-order valence-corrected chi connectivity index (χ1v) is 7.31. The zero-order chi connectivity index (χ0) is 12.8. The molecule has 1 heterocycles. The minimum Gasteiger partial charge on any atom is -0.310 e. The molecule has 0 bridgehead atoms. The number of nitrogens with zero attached hydrogens (tertiary/aromatic N) is 2. The lowest BCUT2D eigenvalue weighted by molar-refractivity contribution is 0.223. The van der Waals surface area contributed by atoms with E-state index in [1.165, 1.54) is 37.7 Å². The van der Waals surface area contributed by atoms with Gasteiger partial charge in [0.25, 0.3) is 0 Å². The molecule has 0 radical (unpaired) electrons. The zero-order valence-electron chi connectivity index (χ0n) is 11.6. The van der Waals surface area contributed by atoms with Crippen LogP contribution in [0.25, 0.3) is 0 Å². The minimum atomic E-state index is 0.461. The molecule has 1 aromatic rings. The summed E-state index contributed by atoms with van der Waals surface area (Å²) < 4.78 is 0. The van der Waals surface area contributed by atoms with Crippen molar-refractivity contribution in [3.63, 3.8) is 0 Å². The van der Waals surface area contributed by atoms with E-state index in [9.17, 15) is 0 Å². The smallest absolute Gasteiger partial charge is 0.0544 e. The highest BCUT2D eigenvalue weighted by Gasteiger charge is 2.27. The molecule has 100 valence electrons. The van der Waals surface area contributed by atoms with E-state index in [-0.39, 0.29) is 0 Å². The van der Waals surface area contributed by atoms with Gasteiger partial charge in [0.15, 0.2) is 0 Å². The van der Waals surface area contributed by atoms with Crippen LogP contribution in [0.15, 0.2) is 18.5 Å². The Morgan fingerprint density at radius 1 is 1.39 bits per heavy atom. The predicted molar refractivity (Wildman–Crippen MR) is 74.2 cm³/mol. The Labute approximate surface area is 110 Å². The lowest BCUT2D eigenvalue weighted by atomic mass is 9.77. The molecule has 1 aliphatic rings. The Hall–Kier alpha value is -0.960. The average Bonchev–Trinajstić information content (AvgIpc) is 2.40. The largest absolute Gasteiger partial charge is 0.310 e. The van der Waals surface area contributed by atoms with Gasteiger partial charge >= 0.3 is 0 Å². The molecular formula is C15H25N3. The van der Waals surface area contributed by atoms with Crippen LogP contribution in [-0.2, 0) is 0 Å². The van der Waals surface area contributed by atoms with Crippen LogP contribution in [-0.4, -0.2) is 16.7 Å². The van der Waals surface area contributed by atoms with Gasteiger partial charge in [-0.1, -0.05) is 26.7 Å². The summed E-state index contributed by atoms with van der Waals surface area (Å²) >= 11 is 0. The SMILES string of the molecule is CCCNC(c1ccnnc1)C1CCCC(C)C1. The molecule has 1 N–H and O–H groups in total. The van der Waals surface area contributed by atoms with Crippen molar-refractivity contribution in [1.82, 2.24) is 15.5 Å². The van der Waals surface area contributed by atoms with Gasteiger partial charge in [-0.3, -0.25) is 0 Å². The summed E-state index contributed by atoms with van der Waals surface area (Å²) in [7, 11) is 0. The summed E-state index contributed by atoms with van der Waals surface area (Å²) in [5.74, 6) is 1.62. The molecule has 0 aliphatic heterocycles. The Morgan fingerprint density at radius 3 is 2.94 bits per heavy atom. The van der Waals surface area contributed by atoms with Crippen LogP contribution in [0.1, 0.15) is 57.6 Å². The van der Waals surface area contributed by atoms with Gasteiger partial charge in [0.2, 0.25) is 0 Å². The zero-order valence-corrected chi connectivity index (χ0v) is 11.6. The van der Waals surface area contributed by atoms with Crippen LogP contribution in [0.2, 0.25) is 0 Å². The van der Waals surface area contributed by atoms with Gasteiger partial charge in [-0.2, -0.15) is 10.2 Å². The summed E-state index contributed by atoms with van der Waals surface area (Å²) in [5.41, 5.74) is 1.30. The molecule has 1 saturated carbocycles. The molecular weight excluding hydrogens is 222 g/mol. The Bertz CT molecular complexity index is 339. The second kappa shape index (κ2) is 6.83. The Kier molecular flexibility index (Phi) is 5.12. The predicted octanol–water partition coefficient (Wildman–Crippen LogP) is 3.34. The van der Waals surface area contributed by atoms with Crippen LogP contribution < -0.4 is 5.32 Å². The van der Waals surface area contributed by atoms with E-state index in [0.717, 1.165) is 18.4 Å². The molecule has 1 aliphatic carbocycles. The third-order valence-corrected chi connectivity index (χ3v) is 4.03. The first-order chi connectivity index (χ1) is 8.81. The number of hydrogen-bond acceptors (Lipinski definition) is 3. The summed E-state index contributed by atoms with van der Waals surface area (Å²) in [5, 5.41) is 11.6. The maximum atomic E-state index is 4.04. The van der Waals surface area contributed by atoms with Crippen LogP contribution in [0, 0.1) is 11.8 Å². The fourth-order valence-electron chi connectivity index (χ4n) is 3.13. The van der Waals surface area contributed by atoms with Crippen molar-refractivity contribution < 1.29 is 0 Å². The van der Waals surface area contributed by atoms with E-state index in [1.807, 2.05) is 12.4 Å². The summed E-state index contributed by atoms with van der Waals surface area (Å²) in [6.45, 7) is 5.68. The van der Waals surface area contributed by atoms with E-state index in [1.54, 1.807) is 0 Å². The first kappa shape index (κ1) is 13.5. The van der Waals surface area contributed by atoms with Gasteiger partial charge in [0.1, 0.15) is 0 Å². The number of hydrogen-bond donors (Lipinski definition) is 1. The van der Waals surface area contributed by atoms with Crippen molar-refractivity contribution in [2.24, 2.45) is 11.8 Å². The number of aromatic nitrogens is 2. The van der Waals surface area contributed by atoms with Crippen molar-refractivity contribution in [3.8, 4) is 0 Å². The molecule has 3 heteroatoms. The number of nitrogens with one attached hydrogen (secondary N) is 1. The van der Waals surface area contributed by atoms with Crippen molar-refractivity contribution in [2.75, 3.05) is 6.54 Å². The third-order valence-electron chi connectivity index (χ3n) is 4.03. The normalized spacial score (nSPS) is 25.9. The van der Waals surface area contributed by atoms with Gasteiger partial charge in [-0.25, -0.2) is 0 Å². The fourth-order valence-corrected chi connectivity index (χ4v) is 3.13. The van der Waals surface area contributed by atoms with E-state index in [2.05, 4.69) is 35.4 Å². The second-order valence-electron chi connectivity index (χ2n) is 5.64. The third kappa shape index (κ3) is 3.52. The molecule has 0 aromatic carbocycles. The van der Waals surface area contributed by atoms with E-state index < -0.39 is 0 Å². The quantitative estimate of drug-likeness (QED) is 0.867. The van der Waals surface area contributed by atoms with Crippen molar-refractivity contribution in [3.05, 3.63) is 24.0 Å². The standard InChI is InChI=1S/C15H25N3/c1-3-8-16-15(14-7-9-17-18-11-14)13-6-4-5-12(2)10-13/h7,9,11-13,15-16H,3-6,8,10H2,1-2H3. The Balaban J connectivity index is 2.09. The summed E-state index contributed by atoms with van der Waals surface area (Å²) in [4.78, 5) is 0. The van der Waals surface area contributed by atoms with Crippen molar-refractivity contribution in [2.45, 2.75) is 52.0 Å². The van der Waals surface area contributed by atoms with E-state index >= 15 is 0 Å². The molecule has 1 aromatic heterocycles. The molecule has 0 saturated heterocycles. The second-order valence-corrected chi connectivity index (χ2v) is 5.64. The van der Waals surface area contributed by atoms with Crippen LogP contribution in [0.4, 0.5) is 0 Å². The molecule has 18 heavy (non-hydrogen) atoms. The van der Waals surface area contributed by atoms with Crippen molar-refractivity contribution in [1.29, 1.82) is 0 Å². The van der Waals surface area contributed by atoms with E-state index in [4.69, 9.17) is 0 Å². The van der Waals surface area contributed by atoms with Crippen LogP contribution >= 0.6 is 0 Å². The van der Waals surface area contributed by atoms with Gasteiger partial charge in [0, 0.05) is 12.2 Å². The first-order valence-electron chi connectivity index (χ1n) is 7.31. The topological polar surface area (TPSA) is 37.8 Å². The lowest BCUT2D eigenvalue weighted by Crippen LogP contribution is -2.32. The van der Waals surface area contributed by atoms with E-state index in [0.29, 0.717) is 6.04 Å². The van der Waals surface area contributed by atoms with Gasteiger partial charge in [0.05, 0.1) is 6.20 Å². The molecule has 3 nitrogen and oxygen atoms in total. The molecule has 3 atom stereocenters. The summed E-state index contributed by atoms with van der Waals surface area (Å²) in [6.07, 6.45) is 10.4. The highest BCUT2D eigenvalue weighted by Crippen LogP contribution is 2.36. The lowest BCUT2D eigenvalue weighted by Gasteiger charge is -2.34. The monoisotopic (exact) mass is 247 g/mol. The molecule has 1 fully saturated rings. The highest BCUT2D eigenvalue weighted by atomic mass is 15.1.